The van der Waals surface area contributed by atoms with Gasteiger partial charge in [0, 0.05) is 50.9 Å². The van der Waals surface area contributed by atoms with E-state index in [0.717, 1.165) is 25.5 Å². The maximum Gasteiger partial charge on any atom is 0.222 e. The van der Waals surface area contributed by atoms with Crippen LogP contribution in [-0.2, 0) is 4.79 Å². The van der Waals surface area contributed by atoms with Crippen LogP contribution in [0.25, 0.3) is 0 Å². The average Bonchev–Trinajstić information content (AvgIpc) is 3.06. The topological polar surface area (TPSA) is 68.8 Å². The van der Waals surface area contributed by atoms with Gasteiger partial charge < -0.3 is 20.9 Å². The second-order valence-electron chi connectivity index (χ2n) is 6.86. The van der Waals surface area contributed by atoms with Crippen molar-refractivity contribution in [2.45, 2.75) is 33.2 Å². The molecule has 26 heavy (non-hydrogen) atoms. The van der Waals surface area contributed by atoms with Gasteiger partial charge in [-0.1, -0.05) is 31.5 Å². The smallest absolute Gasteiger partial charge is 0.222 e. The predicted molar refractivity (Wildman–Crippen MR) is 120 cm³/mol. The van der Waals surface area contributed by atoms with E-state index in [4.69, 9.17) is 0 Å². The van der Waals surface area contributed by atoms with E-state index in [2.05, 4.69) is 57.0 Å². The third-order valence-electron chi connectivity index (χ3n) is 4.39. The molecule has 1 fully saturated rings. The molecule has 3 N–H and O–H groups in total. The van der Waals surface area contributed by atoms with Crippen LogP contribution in [0.1, 0.15) is 25.8 Å². The molecule has 1 unspecified atom stereocenters. The first-order valence-electron chi connectivity index (χ1n) is 9.06. The Labute approximate surface area is 174 Å². The summed E-state index contributed by atoms with van der Waals surface area (Å²) in [4.78, 5) is 18.2. The first-order valence-corrected chi connectivity index (χ1v) is 9.06. The number of aryl methyl sites for hydroxylation is 1. The van der Waals surface area contributed by atoms with Crippen LogP contribution in [0.5, 0.6) is 0 Å². The van der Waals surface area contributed by atoms with Gasteiger partial charge in [-0.05, 0) is 25.5 Å². The van der Waals surface area contributed by atoms with Crippen LogP contribution in [0.2, 0.25) is 0 Å². The highest BCUT2D eigenvalue weighted by Gasteiger charge is 2.23. The number of carbonyl (C=O) groups is 1. The molecule has 0 aromatic heterocycles. The molecule has 0 bridgehead atoms. The van der Waals surface area contributed by atoms with Gasteiger partial charge in [-0.3, -0.25) is 9.79 Å². The standard InChI is InChI=1S/C19H31N5O.HI/c1-14(2)18(25)21-10-11-22-19(20-4)23-16-9-12-24(13-16)17-7-5-15(3)6-8-17;/h5-8,14,16H,9-13H2,1-4H3,(H,21,25)(H2,20,22,23);1H. The quantitative estimate of drug-likeness (QED) is 0.256. The van der Waals surface area contributed by atoms with Crippen molar-refractivity contribution in [3.8, 4) is 0 Å². The van der Waals surface area contributed by atoms with Gasteiger partial charge in [0.1, 0.15) is 0 Å². The molecule has 1 saturated heterocycles. The summed E-state index contributed by atoms with van der Waals surface area (Å²) < 4.78 is 0. The maximum absolute atomic E-state index is 11.5. The van der Waals surface area contributed by atoms with Crippen molar-refractivity contribution in [3.63, 3.8) is 0 Å². The van der Waals surface area contributed by atoms with E-state index in [1.54, 1.807) is 7.05 Å². The first kappa shape index (κ1) is 22.5. The van der Waals surface area contributed by atoms with Gasteiger partial charge in [-0.25, -0.2) is 0 Å². The van der Waals surface area contributed by atoms with Crippen molar-refractivity contribution in [2.24, 2.45) is 10.9 Å². The van der Waals surface area contributed by atoms with Crippen LogP contribution in [0.4, 0.5) is 5.69 Å². The largest absolute Gasteiger partial charge is 0.369 e. The Balaban J connectivity index is 0.00000338. The van der Waals surface area contributed by atoms with Crippen molar-refractivity contribution in [1.82, 2.24) is 16.0 Å². The lowest BCUT2D eigenvalue weighted by atomic mass is 10.2. The lowest BCUT2D eigenvalue weighted by molar-refractivity contribution is -0.123. The van der Waals surface area contributed by atoms with Crippen molar-refractivity contribution in [3.05, 3.63) is 29.8 Å². The number of rotatable bonds is 6. The summed E-state index contributed by atoms with van der Waals surface area (Å²) in [6.07, 6.45) is 1.08. The van der Waals surface area contributed by atoms with Crippen molar-refractivity contribution in [1.29, 1.82) is 0 Å². The van der Waals surface area contributed by atoms with Gasteiger partial charge >= 0.3 is 0 Å². The summed E-state index contributed by atoms with van der Waals surface area (Å²) in [5, 5.41) is 9.63. The van der Waals surface area contributed by atoms with E-state index < -0.39 is 0 Å². The van der Waals surface area contributed by atoms with Crippen LogP contribution in [0.3, 0.4) is 0 Å². The zero-order chi connectivity index (χ0) is 18.2. The second-order valence-corrected chi connectivity index (χ2v) is 6.86. The number of anilines is 1. The van der Waals surface area contributed by atoms with Gasteiger partial charge in [-0.15, -0.1) is 24.0 Å². The highest BCUT2D eigenvalue weighted by atomic mass is 127. The van der Waals surface area contributed by atoms with Gasteiger partial charge in [0.05, 0.1) is 0 Å². The first-order chi connectivity index (χ1) is 12.0. The molecule has 0 saturated carbocycles. The molecule has 1 aliphatic heterocycles. The Morgan fingerprint density at radius 3 is 2.50 bits per heavy atom. The molecule has 1 atom stereocenters. The molecular weight excluding hydrogens is 441 g/mol. The van der Waals surface area contributed by atoms with Crippen LogP contribution >= 0.6 is 24.0 Å². The number of hydrogen-bond acceptors (Lipinski definition) is 3. The molecule has 1 heterocycles. The molecular formula is C19H32IN5O. The monoisotopic (exact) mass is 473 g/mol. The molecule has 146 valence electrons. The van der Waals surface area contributed by atoms with Gasteiger partial charge in [0.15, 0.2) is 5.96 Å². The Bertz CT molecular complexity index is 588. The van der Waals surface area contributed by atoms with Crippen LogP contribution < -0.4 is 20.9 Å². The van der Waals surface area contributed by atoms with Gasteiger partial charge in [-0.2, -0.15) is 0 Å². The molecule has 0 radical (unpaired) electrons. The minimum atomic E-state index is 0. The van der Waals surface area contributed by atoms with Crippen LogP contribution in [0.15, 0.2) is 29.3 Å². The summed E-state index contributed by atoms with van der Waals surface area (Å²) >= 11 is 0. The molecule has 6 nitrogen and oxygen atoms in total. The number of aliphatic imine (C=N–C) groups is 1. The Morgan fingerprint density at radius 2 is 1.88 bits per heavy atom. The summed E-state index contributed by atoms with van der Waals surface area (Å²) in [6, 6.07) is 9.05. The number of amides is 1. The lowest BCUT2D eigenvalue weighted by Crippen LogP contribution is -2.46. The number of carbonyl (C=O) groups excluding carboxylic acids is 1. The van der Waals surface area contributed by atoms with Gasteiger partial charge in [0.2, 0.25) is 5.91 Å². The summed E-state index contributed by atoms with van der Waals surface area (Å²) in [5.74, 6) is 0.882. The normalized spacial score (nSPS) is 17.0. The molecule has 1 aliphatic rings. The molecule has 0 spiro atoms. The van der Waals surface area contributed by atoms with E-state index in [-0.39, 0.29) is 35.8 Å². The van der Waals surface area contributed by atoms with Crippen molar-refractivity contribution in [2.75, 3.05) is 38.1 Å². The number of benzene rings is 1. The highest BCUT2D eigenvalue weighted by molar-refractivity contribution is 14.0. The second kappa shape index (κ2) is 11.3. The zero-order valence-electron chi connectivity index (χ0n) is 16.2. The van der Waals surface area contributed by atoms with Gasteiger partial charge in [0.25, 0.3) is 0 Å². The van der Waals surface area contributed by atoms with E-state index in [1.165, 1.54) is 11.3 Å². The molecule has 7 heteroatoms. The highest BCUT2D eigenvalue weighted by Crippen LogP contribution is 2.20. The number of guanidine groups is 1. The molecule has 1 amide bonds. The zero-order valence-corrected chi connectivity index (χ0v) is 18.5. The summed E-state index contributed by atoms with van der Waals surface area (Å²) in [7, 11) is 1.77. The summed E-state index contributed by atoms with van der Waals surface area (Å²) in [5.41, 5.74) is 2.56. The fourth-order valence-corrected chi connectivity index (χ4v) is 2.83. The average molecular weight is 473 g/mol. The van der Waals surface area contributed by atoms with E-state index >= 15 is 0 Å². The van der Waals surface area contributed by atoms with E-state index in [9.17, 15) is 4.79 Å². The Hall–Kier alpha value is -1.51. The minimum absolute atomic E-state index is 0. The molecule has 1 aromatic carbocycles. The molecule has 2 rings (SSSR count). The number of hydrogen-bond donors (Lipinski definition) is 3. The van der Waals surface area contributed by atoms with Crippen LogP contribution in [0, 0.1) is 12.8 Å². The third-order valence-corrected chi connectivity index (χ3v) is 4.39. The Morgan fingerprint density at radius 1 is 1.23 bits per heavy atom. The lowest BCUT2D eigenvalue weighted by Gasteiger charge is -2.20. The summed E-state index contributed by atoms with van der Waals surface area (Å²) in [6.45, 7) is 9.16. The molecule has 1 aromatic rings. The predicted octanol–water partition coefficient (Wildman–Crippen LogP) is 2.13. The Kier molecular flexibility index (Phi) is 9.75. The maximum atomic E-state index is 11.5. The third kappa shape index (κ3) is 7.01. The van der Waals surface area contributed by atoms with Crippen molar-refractivity contribution < 1.29 is 4.79 Å². The number of halogens is 1. The van der Waals surface area contributed by atoms with E-state index in [0.29, 0.717) is 19.1 Å². The number of nitrogens with one attached hydrogen (secondary N) is 3. The number of nitrogens with zero attached hydrogens (tertiary/aromatic N) is 2. The fourth-order valence-electron chi connectivity index (χ4n) is 2.83. The van der Waals surface area contributed by atoms with E-state index in [1.807, 2.05) is 13.8 Å². The van der Waals surface area contributed by atoms with Crippen molar-refractivity contribution >= 4 is 41.5 Å². The molecule has 0 aliphatic carbocycles. The fraction of sp³-hybridized carbons (Fsp3) is 0.579. The minimum Gasteiger partial charge on any atom is -0.369 e. The SMILES string of the molecule is CN=C(NCCNC(=O)C(C)C)NC1CCN(c2ccc(C)cc2)C1.I. The van der Waals surface area contributed by atoms with Crippen LogP contribution in [-0.4, -0.2) is 51.1 Å².